The van der Waals surface area contributed by atoms with Crippen LogP contribution < -0.4 is 24.4 Å². The second kappa shape index (κ2) is 10.6. The average molecular weight is 517 g/mol. The van der Waals surface area contributed by atoms with Gasteiger partial charge in [-0.15, -0.1) is 0 Å². The van der Waals surface area contributed by atoms with E-state index in [0.717, 1.165) is 4.90 Å². The molecule has 12 nitrogen and oxygen atoms in total. The van der Waals surface area contributed by atoms with Crippen LogP contribution in [0.15, 0.2) is 72.3 Å². The Morgan fingerprint density at radius 3 is 2.21 bits per heavy atom. The number of nitrogens with zero attached hydrogens (tertiary/aromatic N) is 2. The highest BCUT2D eigenvalue weighted by molar-refractivity contribution is 6.39. The number of amides is 4. The van der Waals surface area contributed by atoms with Crippen LogP contribution in [0.25, 0.3) is 6.08 Å². The smallest absolute Gasteiger partial charge is 0.343 e. The monoisotopic (exact) mass is 517 g/mol. The van der Waals surface area contributed by atoms with E-state index in [1.807, 2.05) is 0 Å². The number of ether oxygens (including phenoxy) is 3. The van der Waals surface area contributed by atoms with Gasteiger partial charge in [-0.25, -0.2) is 14.5 Å². The molecule has 0 unspecified atom stereocenters. The third-order valence-corrected chi connectivity index (χ3v) is 5.45. The molecule has 4 amide bonds. The Balaban J connectivity index is 1.58. The first-order valence-electron chi connectivity index (χ1n) is 10.9. The summed E-state index contributed by atoms with van der Waals surface area (Å²) in [5, 5.41) is 12.9. The number of rotatable bonds is 7. The number of nitro groups is 1. The van der Waals surface area contributed by atoms with Gasteiger partial charge in [-0.2, -0.15) is 0 Å². The molecule has 3 aromatic carbocycles. The molecule has 0 aromatic heterocycles. The van der Waals surface area contributed by atoms with Crippen molar-refractivity contribution in [2.75, 3.05) is 19.1 Å². The van der Waals surface area contributed by atoms with E-state index in [1.54, 1.807) is 12.1 Å². The fourth-order valence-corrected chi connectivity index (χ4v) is 3.53. The first kappa shape index (κ1) is 25.6. The van der Waals surface area contributed by atoms with Gasteiger partial charge in [0.2, 0.25) is 0 Å². The van der Waals surface area contributed by atoms with Crippen molar-refractivity contribution in [3.05, 3.63) is 93.5 Å². The molecule has 0 atom stereocenters. The zero-order valence-electron chi connectivity index (χ0n) is 20.0. The number of esters is 1. The Labute approximate surface area is 215 Å². The van der Waals surface area contributed by atoms with Crippen LogP contribution in [0.4, 0.5) is 16.2 Å². The number of anilines is 1. The number of nitrogens with one attached hydrogen (secondary N) is 1. The quantitative estimate of drug-likeness (QED) is 0.124. The summed E-state index contributed by atoms with van der Waals surface area (Å²) < 4.78 is 15.7. The number of carbonyl (C=O) groups is 4. The lowest BCUT2D eigenvalue weighted by atomic mass is 10.1. The highest BCUT2D eigenvalue weighted by atomic mass is 16.6. The number of hydrogen-bond acceptors (Lipinski definition) is 9. The highest BCUT2D eigenvalue weighted by Gasteiger charge is 2.36. The molecule has 12 heteroatoms. The topological polar surface area (TPSA) is 154 Å². The van der Waals surface area contributed by atoms with Crippen molar-refractivity contribution >= 4 is 41.3 Å². The summed E-state index contributed by atoms with van der Waals surface area (Å²) >= 11 is 0. The molecule has 1 heterocycles. The Kier molecular flexibility index (Phi) is 7.15. The van der Waals surface area contributed by atoms with E-state index in [9.17, 15) is 29.3 Å². The fraction of sp³-hybridized carbons (Fsp3) is 0.0769. The predicted molar refractivity (Wildman–Crippen MR) is 133 cm³/mol. The van der Waals surface area contributed by atoms with Crippen LogP contribution in [0.3, 0.4) is 0 Å². The predicted octanol–water partition coefficient (Wildman–Crippen LogP) is 3.50. The molecule has 3 aromatic rings. The molecule has 1 aliphatic heterocycles. The largest absolute Gasteiger partial charge is 0.497 e. The van der Waals surface area contributed by atoms with Crippen molar-refractivity contribution in [2.45, 2.75) is 0 Å². The fourth-order valence-electron chi connectivity index (χ4n) is 3.53. The lowest BCUT2D eigenvalue weighted by Crippen LogP contribution is -2.54. The molecule has 4 rings (SSSR count). The third-order valence-electron chi connectivity index (χ3n) is 5.45. The molecule has 0 saturated carbocycles. The van der Waals surface area contributed by atoms with E-state index in [1.165, 1.54) is 74.9 Å². The second-order valence-electron chi connectivity index (χ2n) is 7.76. The van der Waals surface area contributed by atoms with E-state index < -0.39 is 28.7 Å². The van der Waals surface area contributed by atoms with Gasteiger partial charge in [-0.1, -0.05) is 6.07 Å². The van der Waals surface area contributed by atoms with E-state index >= 15 is 0 Å². The Morgan fingerprint density at radius 2 is 1.61 bits per heavy atom. The molecular weight excluding hydrogens is 498 g/mol. The van der Waals surface area contributed by atoms with Gasteiger partial charge >= 0.3 is 12.0 Å². The third kappa shape index (κ3) is 5.18. The number of methoxy groups -OCH3 is 2. The van der Waals surface area contributed by atoms with Gasteiger partial charge in [0.05, 0.1) is 30.4 Å². The van der Waals surface area contributed by atoms with Gasteiger partial charge < -0.3 is 14.2 Å². The standard InChI is InChI=1S/C26H19N3O9/c1-36-19-10-8-17(9-11-19)28-24(31)20(23(30)27-26(28)33)13-15-3-12-21(22(14-15)37-2)38-25(32)16-4-6-18(7-5-16)29(34)35/h3-14H,1-2H3,(H,27,30,33)/b20-13+. The second-order valence-corrected chi connectivity index (χ2v) is 7.76. The van der Waals surface area contributed by atoms with Crippen molar-refractivity contribution in [1.29, 1.82) is 0 Å². The van der Waals surface area contributed by atoms with Crippen LogP contribution in [-0.2, 0) is 9.59 Å². The van der Waals surface area contributed by atoms with Crippen LogP contribution in [-0.4, -0.2) is 43.0 Å². The van der Waals surface area contributed by atoms with Crippen LogP contribution in [0.1, 0.15) is 15.9 Å². The highest BCUT2D eigenvalue weighted by Crippen LogP contribution is 2.31. The van der Waals surface area contributed by atoms with Gasteiger partial charge in [0, 0.05) is 12.1 Å². The maximum Gasteiger partial charge on any atom is 0.343 e. The van der Waals surface area contributed by atoms with Gasteiger partial charge in [0.15, 0.2) is 11.5 Å². The molecule has 0 aliphatic carbocycles. The lowest BCUT2D eigenvalue weighted by Gasteiger charge is -2.26. The first-order valence-corrected chi connectivity index (χ1v) is 10.9. The maximum atomic E-state index is 13.1. The molecule has 1 fully saturated rings. The van der Waals surface area contributed by atoms with Crippen LogP contribution in [0.5, 0.6) is 17.2 Å². The van der Waals surface area contributed by atoms with E-state index in [0.29, 0.717) is 11.3 Å². The number of imide groups is 2. The minimum Gasteiger partial charge on any atom is -0.497 e. The number of benzene rings is 3. The molecule has 1 N–H and O–H groups in total. The molecular formula is C26H19N3O9. The average Bonchev–Trinajstić information content (AvgIpc) is 2.92. The van der Waals surface area contributed by atoms with Gasteiger partial charge in [0.1, 0.15) is 11.3 Å². The van der Waals surface area contributed by atoms with E-state index in [4.69, 9.17) is 14.2 Å². The van der Waals surface area contributed by atoms with Gasteiger partial charge in [0.25, 0.3) is 17.5 Å². The van der Waals surface area contributed by atoms with E-state index in [-0.39, 0.29) is 34.0 Å². The Bertz CT molecular complexity index is 1480. The number of non-ortho nitro benzene ring substituents is 1. The van der Waals surface area contributed by atoms with Crippen LogP contribution >= 0.6 is 0 Å². The van der Waals surface area contributed by atoms with Crippen LogP contribution in [0, 0.1) is 10.1 Å². The Hall–Kier alpha value is -5.52. The van der Waals surface area contributed by atoms with Crippen molar-refractivity contribution in [3.63, 3.8) is 0 Å². The normalized spacial score (nSPS) is 14.2. The summed E-state index contributed by atoms with van der Waals surface area (Å²) in [7, 11) is 2.81. The van der Waals surface area contributed by atoms with Crippen LogP contribution in [0.2, 0.25) is 0 Å². The minimum absolute atomic E-state index is 0.0347. The molecule has 0 bridgehead atoms. The molecule has 1 aliphatic rings. The first-order chi connectivity index (χ1) is 18.2. The zero-order chi connectivity index (χ0) is 27.4. The number of nitro benzene ring substituents is 1. The molecule has 0 spiro atoms. The lowest BCUT2D eigenvalue weighted by molar-refractivity contribution is -0.384. The molecule has 192 valence electrons. The van der Waals surface area contributed by atoms with Crippen molar-refractivity contribution in [2.24, 2.45) is 0 Å². The summed E-state index contributed by atoms with van der Waals surface area (Å²) in [6.45, 7) is 0. The van der Waals surface area contributed by atoms with Crippen molar-refractivity contribution < 1.29 is 38.3 Å². The summed E-state index contributed by atoms with van der Waals surface area (Å²) in [6.07, 6.45) is 1.27. The van der Waals surface area contributed by atoms with Gasteiger partial charge in [-0.3, -0.25) is 25.0 Å². The summed E-state index contributed by atoms with van der Waals surface area (Å²) in [5.41, 5.74) is 0.178. The molecule has 1 saturated heterocycles. The Morgan fingerprint density at radius 1 is 0.921 bits per heavy atom. The molecule has 38 heavy (non-hydrogen) atoms. The van der Waals surface area contributed by atoms with Gasteiger partial charge in [-0.05, 0) is 60.2 Å². The number of urea groups is 1. The minimum atomic E-state index is -0.895. The summed E-state index contributed by atoms with van der Waals surface area (Å²) in [4.78, 5) is 61.5. The summed E-state index contributed by atoms with van der Waals surface area (Å²) in [6, 6.07) is 14.4. The molecule has 0 radical (unpaired) electrons. The van der Waals surface area contributed by atoms with Crippen molar-refractivity contribution in [3.8, 4) is 17.2 Å². The number of carbonyl (C=O) groups excluding carboxylic acids is 4. The number of hydrogen-bond donors (Lipinski definition) is 1. The zero-order valence-corrected chi connectivity index (χ0v) is 20.0. The maximum absolute atomic E-state index is 13.1. The number of barbiturate groups is 1. The summed E-state index contributed by atoms with van der Waals surface area (Å²) in [5.74, 6) is -1.82. The van der Waals surface area contributed by atoms with E-state index in [2.05, 4.69) is 5.32 Å². The SMILES string of the molecule is COc1ccc(N2C(=O)NC(=O)/C(=C\c3ccc(OC(=O)c4ccc([N+](=O)[O-])cc4)c(OC)c3)C2=O)cc1. The van der Waals surface area contributed by atoms with Crippen molar-refractivity contribution in [1.82, 2.24) is 5.32 Å².